The van der Waals surface area contributed by atoms with Gasteiger partial charge in [-0.15, -0.1) is 0 Å². The number of nitrogens with one attached hydrogen (secondary N) is 1. The number of allylic oxidation sites excluding steroid dienone is 2. The molecule has 1 heterocycles. The quantitative estimate of drug-likeness (QED) is 0.0261. The van der Waals surface area contributed by atoms with E-state index in [1.54, 1.807) is 0 Å². The number of rotatable bonds is 47. The van der Waals surface area contributed by atoms with Gasteiger partial charge >= 0.3 is 0 Å². The van der Waals surface area contributed by atoms with Crippen LogP contribution < -0.4 is 5.32 Å². The summed E-state index contributed by atoms with van der Waals surface area (Å²) in [5.74, 6) is -0.143. The lowest BCUT2D eigenvalue weighted by Gasteiger charge is -2.40. The van der Waals surface area contributed by atoms with Gasteiger partial charge in [-0.1, -0.05) is 238 Å². The summed E-state index contributed by atoms with van der Waals surface area (Å²) in [5, 5.41) is 54.5. The molecule has 0 spiro atoms. The number of carbonyl (C=O) groups excluding carboxylic acids is 1. The van der Waals surface area contributed by atoms with Crippen LogP contribution in [0.3, 0.4) is 0 Å². The maximum atomic E-state index is 13.0. The zero-order chi connectivity index (χ0) is 45.9. The Balaban J connectivity index is 2.20. The first-order valence-electron chi connectivity index (χ1n) is 27.4. The molecule has 1 fully saturated rings. The molecule has 374 valence electrons. The Labute approximate surface area is 388 Å². The summed E-state index contributed by atoms with van der Waals surface area (Å²) >= 11 is 0. The van der Waals surface area contributed by atoms with E-state index in [-0.39, 0.29) is 12.5 Å². The molecule has 7 atom stereocenters. The highest BCUT2D eigenvalue weighted by atomic mass is 16.7. The normalized spacial score (nSPS) is 20.1. The van der Waals surface area contributed by atoms with Gasteiger partial charge in [-0.25, -0.2) is 0 Å². The summed E-state index contributed by atoms with van der Waals surface area (Å²) in [6.45, 7) is 3.86. The molecule has 1 aliphatic rings. The number of hydrogen-bond acceptors (Lipinski definition) is 8. The summed E-state index contributed by atoms with van der Waals surface area (Å²) in [5.41, 5.74) is 0. The molecule has 7 unspecified atom stereocenters. The Bertz CT molecular complexity index is 997. The Hall–Kier alpha value is -1.07. The largest absolute Gasteiger partial charge is 0.394 e. The van der Waals surface area contributed by atoms with Crippen molar-refractivity contribution in [1.29, 1.82) is 0 Å². The van der Waals surface area contributed by atoms with Crippen LogP contribution in [0.4, 0.5) is 0 Å². The molecule has 9 heteroatoms. The number of amides is 1. The van der Waals surface area contributed by atoms with Crippen LogP contribution in [0.1, 0.15) is 271 Å². The van der Waals surface area contributed by atoms with E-state index < -0.39 is 49.5 Å². The molecule has 1 aliphatic heterocycles. The smallest absolute Gasteiger partial charge is 0.220 e. The average Bonchev–Trinajstić information content (AvgIpc) is 3.28. The summed E-state index contributed by atoms with van der Waals surface area (Å²) in [7, 11) is 0. The van der Waals surface area contributed by atoms with Gasteiger partial charge in [0, 0.05) is 6.42 Å². The lowest BCUT2D eigenvalue weighted by atomic mass is 9.99. The SMILES string of the molecule is CCCCCCCCCCCCCC/C=C\CCCCCCCCCCCC(=O)NC(COC1OC(CO)C(O)C(O)C1O)C(O)CCCCCCCCCCCCCCCCC. The number of hydrogen-bond donors (Lipinski definition) is 6. The molecule has 9 nitrogen and oxygen atoms in total. The predicted octanol–water partition coefficient (Wildman–Crippen LogP) is 12.8. The average molecular weight is 896 g/mol. The third-order valence-electron chi connectivity index (χ3n) is 13.4. The Morgan fingerprint density at radius 3 is 1.29 bits per heavy atom. The van der Waals surface area contributed by atoms with Crippen molar-refractivity contribution in [2.75, 3.05) is 13.2 Å². The topological polar surface area (TPSA) is 149 Å². The van der Waals surface area contributed by atoms with Gasteiger partial charge in [-0.2, -0.15) is 0 Å². The maximum Gasteiger partial charge on any atom is 0.220 e. The number of carbonyl (C=O) groups is 1. The van der Waals surface area contributed by atoms with Crippen LogP contribution in [-0.4, -0.2) is 87.5 Å². The lowest BCUT2D eigenvalue weighted by molar-refractivity contribution is -0.302. The van der Waals surface area contributed by atoms with Gasteiger partial charge in [-0.3, -0.25) is 4.79 Å². The predicted molar refractivity (Wildman–Crippen MR) is 263 cm³/mol. The van der Waals surface area contributed by atoms with Crippen molar-refractivity contribution in [3.05, 3.63) is 12.2 Å². The van der Waals surface area contributed by atoms with E-state index in [1.165, 1.54) is 205 Å². The van der Waals surface area contributed by atoms with Gasteiger partial charge in [0.15, 0.2) is 6.29 Å². The van der Waals surface area contributed by atoms with E-state index in [0.717, 1.165) is 38.5 Å². The summed E-state index contributed by atoms with van der Waals surface area (Å²) < 4.78 is 11.3. The van der Waals surface area contributed by atoms with Crippen LogP contribution in [0.25, 0.3) is 0 Å². The zero-order valence-corrected chi connectivity index (χ0v) is 41.4. The van der Waals surface area contributed by atoms with E-state index in [1.807, 2.05) is 0 Å². The first kappa shape index (κ1) is 59.9. The monoisotopic (exact) mass is 896 g/mol. The van der Waals surface area contributed by atoms with Gasteiger partial charge in [0.05, 0.1) is 25.4 Å². The molecular formula is C54H105NO8. The van der Waals surface area contributed by atoms with Crippen LogP contribution >= 0.6 is 0 Å². The molecule has 0 saturated carbocycles. The van der Waals surface area contributed by atoms with Gasteiger partial charge < -0.3 is 40.3 Å². The van der Waals surface area contributed by atoms with Crippen molar-refractivity contribution in [3.63, 3.8) is 0 Å². The molecular weight excluding hydrogens is 791 g/mol. The van der Waals surface area contributed by atoms with Gasteiger partial charge in [0.1, 0.15) is 24.4 Å². The summed E-state index contributed by atoms with van der Waals surface area (Å²) in [6, 6.07) is -0.716. The first-order valence-corrected chi connectivity index (χ1v) is 27.4. The summed E-state index contributed by atoms with van der Waals surface area (Å²) in [4.78, 5) is 13.0. The molecule has 0 aromatic heterocycles. The van der Waals surface area contributed by atoms with Crippen molar-refractivity contribution in [2.45, 2.75) is 314 Å². The minimum absolute atomic E-state index is 0.135. The van der Waals surface area contributed by atoms with E-state index in [0.29, 0.717) is 12.8 Å². The molecule has 0 aromatic carbocycles. The second kappa shape index (κ2) is 44.7. The van der Waals surface area contributed by atoms with Gasteiger partial charge in [0.25, 0.3) is 0 Å². The Kier molecular flexibility index (Phi) is 42.6. The Morgan fingerprint density at radius 1 is 0.524 bits per heavy atom. The van der Waals surface area contributed by atoms with Crippen molar-refractivity contribution in [2.24, 2.45) is 0 Å². The molecule has 1 amide bonds. The Morgan fingerprint density at radius 2 is 0.889 bits per heavy atom. The minimum atomic E-state index is -1.55. The van der Waals surface area contributed by atoms with E-state index in [4.69, 9.17) is 9.47 Å². The van der Waals surface area contributed by atoms with E-state index in [9.17, 15) is 30.3 Å². The number of unbranched alkanes of at least 4 members (excludes halogenated alkanes) is 35. The van der Waals surface area contributed by atoms with Gasteiger partial charge in [-0.05, 0) is 38.5 Å². The number of aliphatic hydroxyl groups excluding tert-OH is 5. The molecule has 1 rings (SSSR count). The fourth-order valence-electron chi connectivity index (χ4n) is 8.98. The fourth-order valence-corrected chi connectivity index (χ4v) is 8.98. The maximum absolute atomic E-state index is 13.0. The van der Waals surface area contributed by atoms with Gasteiger partial charge in [0.2, 0.25) is 5.91 Å². The molecule has 0 radical (unpaired) electrons. The molecule has 63 heavy (non-hydrogen) atoms. The highest BCUT2D eigenvalue weighted by Crippen LogP contribution is 2.23. The van der Waals surface area contributed by atoms with Crippen molar-refractivity contribution in [1.82, 2.24) is 5.32 Å². The minimum Gasteiger partial charge on any atom is -0.394 e. The molecule has 1 saturated heterocycles. The molecule has 0 aliphatic carbocycles. The standard InChI is InChI=1S/C54H105NO8/c1-3-5-7-9-11-13-15-17-19-20-21-22-23-24-25-26-27-28-30-32-34-36-38-40-42-44-50(58)55-47(46-62-54-53(61)52(60)51(59)49(45-56)63-54)48(57)43-41-39-37-35-33-31-29-18-16-14-12-10-8-6-4-2/h24-25,47-49,51-54,56-57,59-61H,3-23,26-46H2,1-2H3,(H,55,58)/b25-24-. The van der Waals surface area contributed by atoms with E-state index >= 15 is 0 Å². The van der Waals surface area contributed by atoms with E-state index in [2.05, 4.69) is 31.3 Å². The molecule has 0 bridgehead atoms. The van der Waals surface area contributed by atoms with Crippen LogP contribution in [0.15, 0.2) is 12.2 Å². The first-order chi connectivity index (χ1) is 30.8. The third kappa shape index (κ3) is 34.8. The highest BCUT2D eigenvalue weighted by molar-refractivity contribution is 5.76. The number of ether oxygens (including phenoxy) is 2. The van der Waals surface area contributed by atoms with Crippen molar-refractivity contribution < 1.29 is 39.8 Å². The van der Waals surface area contributed by atoms with Crippen LogP contribution in [-0.2, 0) is 14.3 Å². The van der Waals surface area contributed by atoms with Crippen LogP contribution in [0, 0.1) is 0 Å². The molecule has 0 aromatic rings. The van der Waals surface area contributed by atoms with Crippen molar-refractivity contribution >= 4 is 5.91 Å². The second-order valence-electron chi connectivity index (χ2n) is 19.4. The fraction of sp³-hybridized carbons (Fsp3) is 0.944. The lowest BCUT2D eigenvalue weighted by Crippen LogP contribution is -2.60. The zero-order valence-electron chi connectivity index (χ0n) is 41.4. The number of aliphatic hydroxyl groups is 5. The molecule has 6 N–H and O–H groups in total. The highest BCUT2D eigenvalue weighted by Gasteiger charge is 2.44. The summed E-state index contributed by atoms with van der Waals surface area (Å²) in [6.07, 6.45) is 46.6. The third-order valence-corrected chi connectivity index (χ3v) is 13.4. The van der Waals surface area contributed by atoms with Crippen molar-refractivity contribution in [3.8, 4) is 0 Å². The van der Waals surface area contributed by atoms with Crippen LogP contribution in [0.2, 0.25) is 0 Å². The second-order valence-corrected chi connectivity index (χ2v) is 19.4. The van der Waals surface area contributed by atoms with Crippen LogP contribution in [0.5, 0.6) is 0 Å².